The van der Waals surface area contributed by atoms with Gasteiger partial charge in [-0.05, 0) is 24.1 Å². The molecule has 1 heterocycles. The van der Waals surface area contributed by atoms with E-state index in [1.54, 1.807) is 33.4 Å². The molecular weight excluding hydrogens is 533 g/mol. The highest BCUT2D eigenvalue weighted by Crippen LogP contribution is 2.30. The number of anilines is 1. The van der Waals surface area contributed by atoms with Crippen molar-refractivity contribution in [3.63, 3.8) is 0 Å². The van der Waals surface area contributed by atoms with Crippen LogP contribution in [0.2, 0.25) is 0 Å². The van der Waals surface area contributed by atoms with E-state index in [1.165, 1.54) is 6.07 Å². The van der Waals surface area contributed by atoms with Crippen LogP contribution in [0.3, 0.4) is 0 Å². The number of aliphatic imine (C=N–C) groups is 1. The monoisotopic (exact) mass is 562 g/mol. The number of ether oxygens (including phenoxy) is 3. The van der Waals surface area contributed by atoms with Gasteiger partial charge in [-0.3, -0.25) is 4.99 Å². The number of halogens is 3. The van der Waals surface area contributed by atoms with E-state index in [0.717, 1.165) is 42.3 Å². The molecular formula is C22H29F2IN4O3. The van der Waals surface area contributed by atoms with Gasteiger partial charge in [-0.2, -0.15) is 8.78 Å². The summed E-state index contributed by atoms with van der Waals surface area (Å²) in [5, 5.41) is 6.64. The van der Waals surface area contributed by atoms with Crippen molar-refractivity contribution in [2.45, 2.75) is 25.6 Å². The summed E-state index contributed by atoms with van der Waals surface area (Å²) in [5.74, 6) is 2.29. The number of benzene rings is 2. The summed E-state index contributed by atoms with van der Waals surface area (Å²) < 4.78 is 40.0. The predicted molar refractivity (Wildman–Crippen MR) is 132 cm³/mol. The van der Waals surface area contributed by atoms with Crippen molar-refractivity contribution in [2.75, 3.05) is 39.3 Å². The number of nitrogens with zero attached hydrogens (tertiary/aromatic N) is 2. The van der Waals surface area contributed by atoms with E-state index in [0.29, 0.717) is 12.5 Å². The lowest BCUT2D eigenvalue weighted by molar-refractivity contribution is -0.0498. The minimum absolute atomic E-state index is 0. The highest BCUT2D eigenvalue weighted by molar-refractivity contribution is 14.0. The van der Waals surface area contributed by atoms with Crippen molar-refractivity contribution >= 4 is 35.6 Å². The second-order valence-electron chi connectivity index (χ2n) is 7.10. The van der Waals surface area contributed by atoms with E-state index in [2.05, 4.69) is 25.3 Å². The molecule has 7 nitrogen and oxygen atoms in total. The molecule has 0 aliphatic carbocycles. The van der Waals surface area contributed by atoms with E-state index in [4.69, 9.17) is 9.47 Å². The topological polar surface area (TPSA) is 67.4 Å². The zero-order valence-corrected chi connectivity index (χ0v) is 20.6. The third-order valence-electron chi connectivity index (χ3n) is 5.04. The fourth-order valence-corrected chi connectivity index (χ4v) is 3.49. The Hall–Kier alpha value is -2.50. The van der Waals surface area contributed by atoms with Gasteiger partial charge in [0, 0.05) is 56.6 Å². The molecule has 0 amide bonds. The van der Waals surface area contributed by atoms with Crippen molar-refractivity contribution in [3.8, 4) is 17.2 Å². The molecule has 176 valence electrons. The highest BCUT2D eigenvalue weighted by Gasteiger charge is 2.24. The number of methoxy groups -OCH3 is 2. The summed E-state index contributed by atoms with van der Waals surface area (Å²) in [6, 6.07) is 12.6. The van der Waals surface area contributed by atoms with Crippen LogP contribution in [0.1, 0.15) is 12.0 Å². The quantitative estimate of drug-likeness (QED) is 0.290. The Balaban J connectivity index is 0.00000363. The molecule has 10 heteroatoms. The largest absolute Gasteiger partial charge is 0.497 e. The minimum atomic E-state index is -2.84. The van der Waals surface area contributed by atoms with Crippen LogP contribution in [0.25, 0.3) is 0 Å². The lowest BCUT2D eigenvalue weighted by atomic mass is 10.2. The van der Waals surface area contributed by atoms with Crippen molar-refractivity contribution in [3.05, 3.63) is 48.0 Å². The molecule has 0 bridgehead atoms. The molecule has 1 aliphatic rings. The average Bonchev–Trinajstić information content (AvgIpc) is 3.24. The first kappa shape index (κ1) is 25.8. The van der Waals surface area contributed by atoms with Gasteiger partial charge in [-0.15, -0.1) is 24.0 Å². The van der Waals surface area contributed by atoms with E-state index in [9.17, 15) is 8.78 Å². The maximum absolute atomic E-state index is 12.4. The highest BCUT2D eigenvalue weighted by atomic mass is 127. The smallest absolute Gasteiger partial charge is 0.387 e. The van der Waals surface area contributed by atoms with Gasteiger partial charge in [-0.25, -0.2) is 0 Å². The lowest BCUT2D eigenvalue weighted by Crippen LogP contribution is -2.44. The third kappa shape index (κ3) is 7.28. The summed E-state index contributed by atoms with van der Waals surface area (Å²) in [6.45, 7) is -0.719. The molecule has 32 heavy (non-hydrogen) atoms. The molecule has 3 rings (SSSR count). The summed E-state index contributed by atoms with van der Waals surface area (Å²) >= 11 is 0. The second kappa shape index (κ2) is 12.5. The summed E-state index contributed by atoms with van der Waals surface area (Å²) in [7, 11) is 4.97. The van der Waals surface area contributed by atoms with Gasteiger partial charge in [0.1, 0.15) is 17.2 Å². The van der Waals surface area contributed by atoms with E-state index in [1.807, 2.05) is 24.3 Å². The molecule has 2 aromatic carbocycles. The Labute approximate surface area is 204 Å². The van der Waals surface area contributed by atoms with Crippen LogP contribution in [0.4, 0.5) is 14.5 Å². The fraction of sp³-hybridized carbons (Fsp3) is 0.409. The molecule has 2 aromatic rings. The predicted octanol–water partition coefficient (Wildman–Crippen LogP) is 3.87. The maximum atomic E-state index is 12.4. The lowest BCUT2D eigenvalue weighted by Gasteiger charge is -2.21. The molecule has 2 N–H and O–H groups in total. The molecule has 1 saturated heterocycles. The maximum Gasteiger partial charge on any atom is 0.387 e. The fourth-order valence-electron chi connectivity index (χ4n) is 3.49. The average molecular weight is 562 g/mol. The number of alkyl halides is 2. The molecule has 0 saturated carbocycles. The zero-order chi connectivity index (χ0) is 22.2. The van der Waals surface area contributed by atoms with Crippen molar-refractivity contribution < 1.29 is 23.0 Å². The molecule has 1 aliphatic heterocycles. The van der Waals surface area contributed by atoms with Gasteiger partial charge >= 0.3 is 6.61 Å². The molecule has 0 aromatic heterocycles. The normalized spacial score (nSPS) is 15.9. The first-order chi connectivity index (χ1) is 15.0. The van der Waals surface area contributed by atoms with Crippen LogP contribution in [-0.4, -0.2) is 53.0 Å². The first-order valence-corrected chi connectivity index (χ1v) is 9.99. The van der Waals surface area contributed by atoms with Gasteiger partial charge in [-0.1, -0.05) is 12.1 Å². The van der Waals surface area contributed by atoms with Crippen molar-refractivity contribution in [2.24, 2.45) is 4.99 Å². The molecule has 1 atom stereocenters. The van der Waals surface area contributed by atoms with Crippen molar-refractivity contribution in [1.29, 1.82) is 0 Å². The first-order valence-electron chi connectivity index (χ1n) is 9.99. The summed E-state index contributed by atoms with van der Waals surface area (Å²) in [5.41, 5.74) is 1.86. The standard InChI is InChI=1S/C22H28F2N4O3.HI/c1-25-22(26-13-15-5-4-6-18(9-15)31-21(23)24)27-16-7-8-28(14-16)17-10-19(29-2)12-20(11-17)30-3;/h4-6,9-12,16,21H,7-8,13-14H2,1-3H3,(H2,25,26,27);1H. The van der Waals surface area contributed by atoms with Gasteiger partial charge in [0.2, 0.25) is 0 Å². The third-order valence-corrected chi connectivity index (χ3v) is 5.04. The number of hydrogen-bond acceptors (Lipinski definition) is 5. The van der Waals surface area contributed by atoms with Gasteiger partial charge in [0.25, 0.3) is 0 Å². The van der Waals surface area contributed by atoms with Gasteiger partial charge in [0.15, 0.2) is 5.96 Å². The van der Waals surface area contributed by atoms with E-state index < -0.39 is 6.61 Å². The van der Waals surface area contributed by atoms with Crippen LogP contribution in [0, 0.1) is 0 Å². The number of hydrogen-bond donors (Lipinski definition) is 2. The van der Waals surface area contributed by atoms with Gasteiger partial charge in [0.05, 0.1) is 14.2 Å². The van der Waals surface area contributed by atoms with Crippen molar-refractivity contribution in [1.82, 2.24) is 10.6 Å². The molecule has 1 unspecified atom stereocenters. The number of guanidine groups is 1. The Morgan fingerprint density at radius 1 is 1.12 bits per heavy atom. The van der Waals surface area contributed by atoms with E-state index >= 15 is 0 Å². The summed E-state index contributed by atoms with van der Waals surface area (Å²) in [4.78, 5) is 6.54. The Bertz CT molecular complexity index is 879. The Morgan fingerprint density at radius 3 is 2.47 bits per heavy atom. The van der Waals surface area contributed by atoms with Crippen LogP contribution in [-0.2, 0) is 6.54 Å². The van der Waals surface area contributed by atoms with Crippen LogP contribution >= 0.6 is 24.0 Å². The molecule has 1 fully saturated rings. The summed E-state index contributed by atoms with van der Waals surface area (Å²) in [6.07, 6.45) is 0.942. The molecule has 0 spiro atoms. The van der Waals surface area contributed by atoms with Gasteiger partial charge < -0.3 is 29.7 Å². The van der Waals surface area contributed by atoms with Crippen LogP contribution in [0.15, 0.2) is 47.5 Å². The second-order valence-corrected chi connectivity index (χ2v) is 7.10. The SMILES string of the molecule is CN=C(NCc1cccc(OC(F)F)c1)NC1CCN(c2cc(OC)cc(OC)c2)C1.I. The Morgan fingerprint density at radius 2 is 1.84 bits per heavy atom. The number of rotatable bonds is 8. The minimum Gasteiger partial charge on any atom is -0.497 e. The zero-order valence-electron chi connectivity index (χ0n) is 18.3. The van der Waals surface area contributed by atoms with Crippen LogP contribution in [0.5, 0.6) is 17.2 Å². The van der Waals surface area contributed by atoms with E-state index in [-0.39, 0.29) is 35.8 Å². The Kier molecular flexibility index (Phi) is 10.1. The van der Waals surface area contributed by atoms with Crippen LogP contribution < -0.4 is 29.7 Å². The number of nitrogens with one attached hydrogen (secondary N) is 2. The molecule has 0 radical (unpaired) electrons.